The fraction of sp³-hybridized carbons (Fsp3) is 1.00. The van der Waals surface area contributed by atoms with E-state index in [1.165, 1.54) is 0 Å². The van der Waals surface area contributed by atoms with Crippen LogP contribution in [0.25, 0.3) is 0 Å². The molecular formula is C10H21NO2. The third-order valence-electron chi connectivity index (χ3n) is 2.16. The molecule has 0 aromatic rings. The van der Waals surface area contributed by atoms with Gasteiger partial charge in [-0.1, -0.05) is 13.8 Å². The van der Waals surface area contributed by atoms with E-state index in [1.54, 1.807) is 0 Å². The van der Waals surface area contributed by atoms with Gasteiger partial charge < -0.3 is 15.2 Å². The molecule has 0 aromatic carbocycles. The molecule has 0 heterocycles. The van der Waals surface area contributed by atoms with Crippen LogP contribution in [0.2, 0.25) is 0 Å². The van der Waals surface area contributed by atoms with E-state index < -0.39 is 0 Å². The summed E-state index contributed by atoms with van der Waals surface area (Å²) in [6, 6.07) is 0.376. The van der Waals surface area contributed by atoms with Crippen LogP contribution in [-0.4, -0.2) is 32.0 Å². The van der Waals surface area contributed by atoms with Gasteiger partial charge in [-0.25, -0.2) is 0 Å². The number of rotatable bonds is 6. The third kappa shape index (κ3) is 4.60. The molecule has 0 bridgehead atoms. The van der Waals surface area contributed by atoms with Crippen molar-refractivity contribution in [1.29, 1.82) is 0 Å². The Labute approximate surface area is 80.6 Å². The minimum atomic E-state index is 0.376. The van der Waals surface area contributed by atoms with Crippen molar-refractivity contribution in [3.8, 4) is 0 Å². The Bertz CT molecular complexity index is 133. The Morgan fingerprint density at radius 2 is 2.00 bits per heavy atom. The molecule has 0 spiro atoms. The van der Waals surface area contributed by atoms with E-state index in [4.69, 9.17) is 15.2 Å². The predicted molar refractivity (Wildman–Crippen MR) is 52.6 cm³/mol. The quantitative estimate of drug-likeness (QED) is 0.635. The van der Waals surface area contributed by atoms with Gasteiger partial charge in [-0.2, -0.15) is 0 Å². The number of ether oxygens (including phenoxy) is 2. The van der Waals surface area contributed by atoms with Crippen molar-refractivity contribution in [2.75, 3.05) is 19.8 Å². The Kier molecular flexibility index (Phi) is 4.70. The number of nitrogens with two attached hydrogens (primary N) is 1. The summed E-state index contributed by atoms with van der Waals surface area (Å²) >= 11 is 0. The molecule has 1 aliphatic carbocycles. The van der Waals surface area contributed by atoms with Gasteiger partial charge in [0.1, 0.15) is 0 Å². The first-order valence-corrected chi connectivity index (χ1v) is 5.13. The van der Waals surface area contributed by atoms with Gasteiger partial charge in [0.15, 0.2) is 0 Å². The molecule has 0 atom stereocenters. The van der Waals surface area contributed by atoms with E-state index in [0.717, 1.165) is 19.4 Å². The first kappa shape index (κ1) is 11.0. The summed E-state index contributed by atoms with van der Waals surface area (Å²) < 4.78 is 10.9. The summed E-state index contributed by atoms with van der Waals surface area (Å²) in [5.74, 6) is 0.608. The summed E-state index contributed by atoms with van der Waals surface area (Å²) in [6.07, 6.45) is 2.44. The molecule has 0 amide bonds. The average molecular weight is 187 g/mol. The van der Waals surface area contributed by atoms with Crippen LogP contribution >= 0.6 is 0 Å². The summed E-state index contributed by atoms with van der Waals surface area (Å²) in [4.78, 5) is 0. The van der Waals surface area contributed by atoms with Crippen LogP contribution in [0.15, 0.2) is 0 Å². The maximum Gasteiger partial charge on any atom is 0.0704 e. The topological polar surface area (TPSA) is 44.5 Å². The molecule has 3 heteroatoms. The predicted octanol–water partition coefficient (Wildman–Crippen LogP) is 1.17. The third-order valence-corrected chi connectivity index (χ3v) is 2.16. The van der Waals surface area contributed by atoms with E-state index in [9.17, 15) is 0 Å². The zero-order valence-corrected chi connectivity index (χ0v) is 8.66. The maximum absolute atomic E-state index is 5.63. The Hall–Kier alpha value is -0.120. The Balaban J connectivity index is 1.79. The fourth-order valence-electron chi connectivity index (χ4n) is 1.34. The lowest BCUT2D eigenvalue weighted by Gasteiger charge is -2.32. The van der Waals surface area contributed by atoms with Crippen molar-refractivity contribution in [1.82, 2.24) is 0 Å². The molecule has 0 aliphatic heterocycles. The highest BCUT2D eigenvalue weighted by Gasteiger charge is 2.26. The van der Waals surface area contributed by atoms with E-state index in [1.807, 2.05) is 0 Å². The van der Waals surface area contributed by atoms with Crippen LogP contribution in [0.4, 0.5) is 0 Å². The molecular weight excluding hydrogens is 166 g/mol. The lowest BCUT2D eigenvalue weighted by molar-refractivity contribution is -0.0389. The monoisotopic (exact) mass is 187 g/mol. The van der Waals surface area contributed by atoms with Gasteiger partial charge in [0, 0.05) is 12.6 Å². The first-order valence-electron chi connectivity index (χ1n) is 5.13. The lowest BCUT2D eigenvalue weighted by atomic mass is 9.90. The van der Waals surface area contributed by atoms with Crippen molar-refractivity contribution in [2.45, 2.75) is 38.8 Å². The van der Waals surface area contributed by atoms with Gasteiger partial charge in [0.25, 0.3) is 0 Å². The summed E-state index contributed by atoms with van der Waals surface area (Å²) in [7, 11) is 0. The molecule has 1 aliphatic rings. The highest BCUT2D eigenvalue weighted by molar-refractivity contribution is 4.82. The fourth-order valence-corrected chi connectivity index (χ4v) is 1.34. The summed E-state index contributed by atoms with van der Waals surface area (Å²) in [5.41, 5.74) is 5.63. The van der Waals surface area contributed by atoms with Gasteiger partial charge in [0.05, 0.1) is 19.3 Å². The highest BCUT2D eigenvalue weighted by Crippen LogP contribution is 2.20. The molecule has 1 fully saturated rings. The average Bonchev–Trinajstić information content (AvgIpc) is 1.99. The van der Waals surface area contributed by atoms with Gasteiger partial charge in [-0.05, 0) is 18.8 Å². The smallest absolute Gasteiger partial charge is 0.0704 e. The lowest BCUT2D eigenvalue weighted by Crippen LogP contribution is -2.42. The second-order valence-electron chi connectivity index (χ2n) is 4.19. The summed E-state index contributed by atoms with van der Waals surface area (Å²) in [5, 5.41) is 0. The van der Waals surface area contributed by atoms with Crippen molar-refractivity contribution < 1.29 is 9.47 Å². The number of hydrogen-bond acceptors (Lipinski definition) is 3. The minimum Gasteiger partial charge on any atom is -0.379 e. The second-order valence-corrected chi connectivity index (χ2v) is 4.19. The Morgan fingerprint density at radius 1 is 1.31 bits per heavy atom. The van der Waals surface area contributed by atoms with E-state index in [0.29, 0.717) is 31.3 Å². The van der Waals surface area contributed by atoms with Crippen LogP contribution in [0.3, 0.4) is 0 Å². The molecule has 1 saturated carbocycles. The van der Waals surface area contributed by atoms with Gasteiger partial charge in [0.2, 0.25) is 0 Å². The molecule has 2 N–H and O–H groups in total. The van der Waals surface area contributed by atoms with Gasteiger partial charge in [-0.3, -0.25) is 0 Å². The molecule has 0 saturated heterocycles. The molecule has 0 unspecified atom stereocenters. The molecule has 0 radical (unpaired) electrons. The second kappa shape index (κ2) is 5.58. The highest BCUT2D eigenvalue weighted by atomic mass is 16.5. The van der Waals surface area contributed by atoms with Crippen molar-refractivity contribution in [3.05, 3.63) is 0 Å². The first-order chi connectivity index (χ1) is 6.18. The molecule has 1 rings (SSSR count). The molecule has 78 valence electrons. The van der Waals surface area contributed by atoms with Crippen LogP contribution < -0.4 is 5.73 Å². The standard InChI is InChI=1S/C10H21NO2/c1-8(2)7-12-3-4-13-10-5-9(11)6-10/h8-10H,3-7,11H2,1-2H3. The number of hydrogen-bond donors (Lipinski definition) is 1. The Morgan fingerprint density at radius 3 is 2.54 bits per heavy atom. The van der Waals surface area contributed by atoms with Crippen LogP contribution in [-0.2, 0) is 9.47 Å². The molecule has 13 heavy (non-hydrogen) atoms. The van der Waals surface area contributed by atoms with Crippen molar-refractivity contribution in [2.24, 2.45) is 11.7 Å². The van der Waals surface area contributed by atoms with E-state index in [-0.39, 0.29) is 0 Å². The van der Waals surface area contributed by atoms with Crippen LogP contribution in [0, 0.1) is 5.92 Å². The largest absolute Gasteiger partial charge is 0.379 e. The molecule has 0 aromatic heterocycles. The minimum absolute atomic E-state index is 0.376. The van der Waals surface area contributed by atoms with Gasteiger partial charge in [-0.15, -0.1) is 0 Å². The maximum atomic E-state index is 5.63. The normalized spacial score (nSPS) is 27.7. The summed E-state index contributed by atoms with van der Waals surface area (Å²) in [6.45, 7) is 6.54. The van der Waals surface area contributed by atoms with Crippen LogP contribution in [0.1, 0.15) is 26.7 Å². The van der Waals surface area contributed by atoms with Crippen molar-refractivity contribution >= 4 is 0 Å². The SMILES string of the molecule is CC(C)COCCOC1CC(N)C1. The van der Waals surface area contributed by atoms with Crippen LogP contribution in [0.5, 0.6) is 0 Å². The molecule has 3 nitrogen and oxygen atoms in total. The van der Waals surface area contributed by atoms with E-state index >= 15 is 0 Å². The van der Waals surface area contributed by atoms with E-state index in [2.05, 4.69) is 13.8 Å². The van der Waals surface area contributed by atoms with Gasteiger partial charge >= 0.3 is 0 Å². The zero-order valence-electron chi connectivity index (χ0n) is 8.66. The van der Waals surface area contributed by atoms with Crippen molar-refractivity contribution in [3.63, 3.8) is 0 Å². The zero-order chi connectivity index (χ0) is 9.68.